The molecule has 2 unspecified atom stereocenters. The van der Waals surface area contributed by atoms with Gasteiger partial charge in [-0.2, -0.15) is 5.10 Å². The molecule has 5 heteroatoms. The maximum absolute atomic E-state index is 4.47. The number of nitrogens with zero attached hydrogens (tertiary/aromatic N) is 4. The molecule has 0 aliphatic carbocycles. The van der Waals surface area contributed by atoms with Crippen LogP contribution >= 0.6 is 15.9 Å². The summed E-state index contributed by atoms with van der Waals surface area (Å²) in [7, 11) is 0. The van der Waals surface area contributed by atoms with Crippen LogP contribution in [0.5, 0.6) is 0 Å². The van der Waals surface area contributed by atoms with Crippen molar-refractivity contribution in [3.63, 3.8) is 0 Å². The molecule has 20 heavy (non-hydrogen) atoms. The van der Waals surface area contributed by atoms with Gasteiger partial charge in [-0.25, -0.2) is 14.6 Å². The van der Waals surface area contributed by atoms with Crippen LogP contribution in [-0.4, -0.2) is 24.6 Å². The molecule has 0 saturated carbocycles. The highest BCUT2D eigenvalue weighted by Crippen LogP contribution is 2.28. The highest BCUT2D eigenvalue weighted by atomic mass is 79.9. The third-order valence-corrected chi connectivity index (χ3v) is 4.31. The first-order valence-corrected chi connectivity index (χ1v) is 7.48. The van der Waals surface area contributed by atoms with Gasteiger partial charge in [0, 0.05) is 10.7 Å². The third kappa shape index (κ3) is 2.22. The lowest BCUT2D eigenvalue weighted by atomic mass is 10.0. The molecule has 0 bridgehead atoms. The molecule has 0 radical (unpaired) electrons. The van der Waals surface area contributed by atoms with Crippen molar-refractivity contribution in [2.45, 2.75) is 24.6 Å². The number of hydrogen-bond donors (Lipinski definition) is 0. The molecule has 0 spiro atoms. The predicted molar refractivity (Wildman–Crippen MR) is 83.5 cm³/mol. The summed E-state index contributed by atoms with van der Waals surface area (Å²) in [6, 6.07) is 10.0. The summed E-state index contributed by atoms with van der Waals surface area (Å²) in [6.45, 7) is 4.28. The Morgan fingerprint density at radius 1 is 1.10 bits per heavy atom. The summed E-state index contributed by atoms with van der Waals surface area (Å²) in [6.07, 6.45) is 3.47. The first kappa shape index (κ1) is 13.2. The molecular formula is C15H15BrN4. The van der Waals surface area contributed by atoms with Gasteiger partial charge in [-0.15, -0.1) is 0 Å². The highest BCUT2D eigenvalue weighted by molar-refractivity contribution is 9.09. The van der Waals surface area contributed by atoms with E-state index >= 15 is 0 Å². The molecule has 102 valence electrons. The van der Waals surface area contributed by atoms with Gasteiger partial charge in [-0.1, -0.05) is 48.0 Å². The summed E-state index contributed by atoms with van der Waals surface area (Å²) < 4.78 is 1.85. The SMILES string of the molecule is CC(Br)C(C)c1ncnc2c1cnn2-c1ccccc1. The summed E-state index contributed by atoms with van der Waals surface area (Å²) in [5.74, 6) is 0.300. The molecule has 1 aromatic carbocycles. The second-order valence-electron chi connectivity index (χ2n) is 4.85. The summed E-state index contributed by atoms with van der Waals surface area (Å²) in [5.41, 5.74) is 2.88. The fourth-order valence-corrected chi connectivity index (χ4v) is 2.45. The Morgan fingerprint density at radius 3 is 2.55 bits per heavy atom. The average molecular weight is 331 g/mol. The van der Waals surface area contributed by atoms with E-state index in [1.54, 1.807) is 6.33 Å². The van der Waals surface area contributed by atoms with Crippen molar-refractivity contribution in [3.05, 3.63) is 48.5 Å². The monoisotopic (exact) mass is 330 g/mol. The van der Waals surface area contributed by atoms with Crippen LogP contribution in [0.2, 0.25) is 0 Å². The first-order valence-electron chi connectivity index (χ1n) is 6.56. The number of fused-ring (bicyclic) bond motifs is 1. The van der Waals surface area contributed by atoms with Crippen molar-refractivity contribution in [2.24, 2.45) is 0 Å². The molecule has 2 atom stereocenters. The summed E-state index contributed by atoms with van der Waals surface area (Å²) >= 11 is 3.63. The quantitative estimate of drug-likeness (QED) is 0.687. The normalized spacial score (nSPS) is 14.3. The Hall–Kier alpha value is -1.75. The minimum absolute atomic E-state index is 0.300. The zero-order chi connectivity index (χ0) is 14.1. The topological polar surface area (TPSA) is 43.6 Å². The lowest BCUT2D eigenvalue weighted by Crippen LogP contribution is -2.08. The lowest BCUT2D eigenvalue weighted by Gasteiger charge is -2.13. The smallest absolute Gasteiger partial charge is 0.166 e. The zero-order valence-electron chi connectivity index (χ0n) is 11.4. The van der Waals surface area contributed by atoms with E-state index in [1.807, 2.05) is 41.2 Å². The van der Waals surface area contributed by atoms with Crippen molar-refractivity contribution in [1.82, 2.24) is 19.7 Å². The van der Waals surface area contributed by atoms with Gasteiger partial charge in [0.25, 0.3) is 0 Å². The third-order valence-electron chi connectivity index (χ3n) is 3.52. The van der Waals surface area contributed by atoms with Crippen LogP contribution in [0.4, 0.5) is 0 Å². The van der Waals surface area contributed by atoms with Crippen LogP contribution in [0.15, 0.2) is 42.9 Å². The Labute approximate surface area is 126 Å². The molecule has 2 aromatic heterocycles. The van der Waals surface area contributed by atoms with Crippen molar-refractivity contribution in [1.29, 1.82) is 0 Å². The molecule has 0 aliphatic rings. The number of rotatable bonds is 3. The molecule has 3 aromatic rings. The minimum Gasteiger partial charge on any atom is -0.240 e. The average Bonchev–Trinajstić information content (AvgIpc) is 2.91. The molecule has 3 rings (SSSR count). The van der Waals surface area contributed by atoms with E-state index in [0.717, 1.165) is 22.4 Å². The number of benzene rings is 1. The zero-order valence-corrected chi connectivity index (χ0v) is 12.9. The Morgan fingerprint density at radius 2 is 1.85 bits per heavy atom. The van der Waals surface area contributed by atoms with Crippen molar-refractivity contribution in [2.75, 3.05) is 0 Å². The van der Waals surface area contributed by atoms with E-state index in [-0.39, 0.29) is 0 Å². The van der Waals surface area contributed by atoms with Gasteiger partial charge >= 0.3 is 0 Å². The maximum atomic E-state index is 4.47. The molecule has 0 fully saturated rings. The van der Waals surface area contributed by atoms with Gasteiger partial charge in [-0.05, 0) is 12.1 Å². The van der Waals surface area contributed by atoms with Crippen LogP contribution in [0.25, 0.3) is 16.7 Å². The van der Waals surface area contributed by atoms with Crippen molar-refractivity contribution < 1.29 is 0 Å². The predicted octanol–water partition coefficient (Wildman–Crippen LogP) is 3.70. The summed E-state index contributed by atoms with van der Waals surface area (Å²) in [4.78, 5) is 9.18. The minimum atomic E-state index is 0.300. The Bertz CT molecular complexity index is 721. The van der Waals surface area contributed by atoms with E-state index in [4.69, 9.17) is 0 Å². The number of alkyl halides is 1. The number of hydrogen-bond acceptors (Lipinski definition) is 3. The molecule has 0 amide bonds. The Kier molecular flexibility index (Phi) is 3.53. The van der Waals surface area contributed by atoms with Crippen LogP contribution in [-0.2, 0) is 0 Å². The highest BCUT2D eigenvalue weighted by Gasteiger charge is 2.18. The molecule has 2 heterocycles. The van der Waals surface area contributed by atoms with E-state index in [1.165, 1.54) is 0 Å². The number of aromatic nitrogens is 4. The number of halogens is 1. The van der Waals surface area contributed by atoms with E-state index in [2.05, 4.69) is 44.8 Å². The maximum Gasteiger partial charge on any atom is 0.166 e. The van der Waals surface area contributed by atoms with Gasteiger partial charge in [0.1, 0.15) is 6.33 Å². The molecule has 0 N–H and O–H groups in total. The lowest BCUT2D eigenvalue weighted by molar-refractivity contribution is 0.738. The van der Waals surface area contributed by atoms with Crippen LogP contribution in [0, 0.1) is 0 Å². The molecular weight excluding hydrogens is 316 g/mol. The molecule has 0 aliphatic heterocycles. The van der Waals surface area contributed by atoms with Crippen molar-refractivity contribution in [3.8, 4) is 5.69 Å². The van der Waals surface area contributed by atoms with Gasteiger partial charge in [0.2, 0.25) is 0 Å². The van der Waals surface area contributed by atoms with Crippen LogP contribution in [0.1, 0.15) is 25.5 Å². The fraction of sp³-hybridized carbons (Fsp3) is 0.267. The van der Waals surface area contributed by atoms with E-state index in [9.17, 15) is 0 Å². The molecule has 4 nitrogen and oxygen atoms in total. The standard InChI is InChI=1S/C15H15BrN4/c1-10(11(2)16)14-13-8-19-20(15(13)18-9-17-14)12-6-4-3-5-7-12/h3-11H,1-2H3. The largest absolute Gasteiger partial charge is 0.240 e. The van der Waals surface area contributed by atoms with Crippen molar-refractivity contribution >= 4 is 27.0 Å². The number of para-hydroxylation sites is 1. The van der Waals surface area contributed by atoms with E-state index < -0.39 is 0 Å². The Balaban J connectivity index is 2.18. The second kappa shape index (κ2) is 5.32. The van der Waals surface area contributed by atoms with Gasteiger partial charge < -0.3 is 0 Å². The first-order chi connectivity index (χ1) is 9.68. The van der Waals surface area contributed by atoms with Gasteiger partial charge in [0.15, 0.2) is 5.65 Å². The molecule has 0 saturated heterocycles. The fourth-order valence-electron chi connectivity index (χ4n) is 2.20. The summed E-state index contributed by atoms with van der Waals surface area (Å²) in [5, 5.41) is 5.48. The van der Waals surface area contributed by atoms with E-state index in [0.29, 0.717) is 10.7 Å². The van der Waals surface area contributed by atoms with Gasteiger partial charge in [0.05, 0.1) is 23.0 Å². The van der Waals surface area contributed by atoms with Crippen LogP contribution in [0.3, 0.4) is 0 Å². The van der Waals surface area contributed by atoms with Crippen LogP contribution < -0.4 is 0 Å². The van der Waals surface area contributed by atoms with Gasteiger partial charge in [-0.3, -0.25) is 0 Å². The second-order valence-corrected chi connectivity index (χ2v) is 6.30.